The molecule has 164 valence electrons. The van der Waals surface area contributed by atoms with E-state index in [9.17, 15) is 4.79 Å². The Labute approximate surface area is 184 Å². The highest BCUT2D eigenvalue weighted by Crippen LogP contribution is 2.33. The molecule has 2 aromatic carbocycles. The van der Waals surface area contributed by atoms with Crippen molar-refractivity contribution in [2.75, 3.05) is 19.7 Å². The molecule has 0 bridgehead atoms. The second kappa shape index (κ2) is 9.10. The van der Waals surface area contributed by atoms with E-state index in [1.54, 1.807) is 0 Å². The summed E-state index contributed by atoms with van der Waals surface area (Å²) in [4.78, 5) is 20.0. The van der Waals surface area contributed by atoms with Gasteiger partial charge in [-0.1, -0.05) is 36.4 Å². The zero-order valence-electron chi connectivity index (χ0n) is 18.6. The van der Waals surface area contributed by atoms with Crippen LogP contribution in [0, 0.1) is 0 Å². The Morgan fingerprint density at radius 2 is 1.84 bits per heavy atom. The fourth-order valence-corrected chi connectivity index (χ4v) is 4.20. The highest BCUT2D eigenvalue weighted by molar-refractivity contribution is 6.15. The number of piperidine rings is 1. The van der Waals surface area contributed by atoms with Crippen molar-refractivity contribution in [2.45, 2.75) is 51.8 Å². The van der Waals surface area contributed by atoms with Crippen molar-refractivity contribution in [1.29, 1.82) is 0 Å². The molecule has 2 heterocycles. The van der Waals surface area contributed by atoms with Gasteiger partial charge in [0.1, 0.15) is 11.4 Å². The average molecular weight is 422 g/mol. The number of carbonyl (C=O) groups excluding carboxylic acids is 1. The predicted octanol–water partition coefficient (Wildman–Crippen LogP) is 3.78. The SMILES string of the molecule is CCOc1cc(CN2CCC3(CC2)N=C(c2ccccc2)NC3=O)ccc1OC(C)C. The Hall–Kier alpha value is -2.86. The van der Waals surface area contributed by atoms with Crippen LogP contribution in [0.15, 0.2) is 53.5 Å². The molecule has 6 heteroatoms. The Kier molecular flexibility index (Phi) is 6.28. The summed E-state index contributed by atoms with van der Waals surface area (Å²) < 4.78 is 11.7. The average Bonchev–Trinajstić information content (AvgIpc) is 3.08. The van der Waals surface area contributed by atoms with Crippen molar-refractivity contribution in [1.82, 2.24) is 10.2 Å². The third-order valence-corrected chi connectivity index (χ3v) is 5.79. The van der Waals surface area contributed by atoms with Gasteiger partial charge in [0.05, 0.1) is 12.7 Å². The van der Waals surface area contributed by atoms with E-state index in [-0.39, 0.29) is 12.0 Å². The van der Waals surface area contributed by atoms with Crippen molar-refractivity contribution in [2.24, 2.45) is 4.99 Å². The summed E-state index contributed by atoms with van der Waals surface area (Å²) in [5.41, 5.74) is 1.51. The van der Waals surface area contributed by atoms with Gasteiger partial charge in [-0.05, 0) is 51.3 Å². The summed E-state index contributed by atoms with van der Waals surface area (Å²) in [7, 11) is 0. The van der Waals surface area contributed by atoms with Gasteiger partial charge in [-0.2, -0.15) is 0 Å². The van der Waals surface area contributed by atoms with Crippen LogP contribution in [0.4, 0.5) is 0 Å². The highest BCUT2D eigenvalue weighted by Gasteiger charge is 2.45. The van der Waals surface area contributed by atoms with E-state index in [1.807, 2.05) is 57.2 Å². The fourth-order valence-electron chi connectivity index (χ4n) is 4.20. The van der Waals surface area contributed by atoms with E-state index in [0.29, 0.717) is 12.4 Å². The molecule has 0 atom stereocenters. The number of aliphatic imine (C=N–C) groups is 1. The number of nitrogens with zero attached hydrogens (tertiary/aromatic N) is 2. The summed E-state index contributed by atoms with van der Waals surface area (Å²) in [6.07, 6.45) is 1.55. The maximum absolute atomic E-state index is 12.8. The second-order valence-corrected chi connectivity index (χ2v) is 8.47. The van der Waals surface area contributed by atoms with Crippen LogP contribution in [0.3, 0.4) is 0 Å². The number of likely N-dealkylation sites (tertiary alicyclic amines) is 1. The maximum atomic E-state index is 12.8. The largest absolute Gasteiger partial charge is 0.490 e. The van der Waals surface area contributed by atoms with Crippen molar-refractivity contribution in [3.63, 3.8) is 0 Å². The lowest BCUT2D eigenvalue weighted by Crippen LogP contribution is -2.48. The topological polar surface area (TPSA) is 63.2 Å². The lowest BCUT2D eigenvalue weighted by molar-refractivity contribution is -0.125. The second-order valence-electron chi connectivity index (χ2n) is 8.47. The van der Waals surface area contributed by atoms with E-state index in [1.165, 1.54) is 5.56 Å². The van der Waals surface area contributed by atoms with Crippen molar-refractivity contribution in [3.8, 4) is 11.5 Å². The van der Waals surface area contributed by atoms with Crippen LogP contribution >= 0.6 is 0 Å². The molecule has 0 radical (unpaired) electrons. The van der Waals surface area contributed by atoms with E-state index in [0.717, 1.165) is 49.5 Å². The molecule has 2 aliphatic heterocycles. The van der Waals surface area contributed by atoms with Gasteiger partial charge in [0.15, 0.2) is 11.5 Å². The number of hydrogen-bond acceptors (Lipinski definition) is 5. The number of nitrogens with one attached hydrogen (secondary N) is 1. The minimum Gasteiger partial charge on any atom is -0.490 e. The van der Waals surface area contributed by atoms with Crippen LogP contribution in [0.5, 0.6) is 11.5 Å². The van der Waals surface area contributed by atoms with Gasteiger partial charge in [0, 0.05) is 25.2 Å². The molecule has 0 aromatic heterocycles. The van der Waals surface area contributed by atoms with Gasteiger partial charge < -0.3 is 14.8 Å². The molecule has 1 amide bonds. The lowest BCUT2D eigenvalue weighted by atomic mass is 9.88. The molecule has 31 heavy (non-hydrogen) atoms. The van der Waals surface area contributed by atoms with Crippen LogP contribution < -0.4 is 14.8 Å². The monoisotopic (exact) mass is 421 g/mol. The highest BCUT2D eigenvalue weighted by atomic mass is 16.5. The molecule has 1 spiro atoms. The smallest absolute Gasteiger partial charge is 0.253 e. The van der Waals surface area contributed by atoms with E-state index < -0.39 is 5.54 Å². The molecule has 0 aliphatic carbocycles. The zero-order valence-corrected chi connectivity index (χ0v) is 18.6. The van der Waals surface area contributed by atoms with E-state index >= 15 is 0 Å². The summed E-state index contributed by atoms with van der Waals surface area (Å²) >= 11 is 0. The Morgan fingerprint density at radius 3 is 2.52 bits per heavy atom. The van der Waals surface area contributed by atoms with Crippen molar-refractivity contribution >= 4 is 11.7 Å². The Morgan fingerprint density at radius 1 is 1.10 bits per heavy atom. The minimum atomic E-state index is -0.632. The fraction of sp³-hybridized carbons (Fsp3) is 0.440. The lowest BCUT2D eigenvalue weighted by Gasteiger charge is -2.35. The van der Waals surface area contributed by atoms with Gasteiger partial charge in [0.25, 0.3) is 5.91 Å². The number of ether oxygens (including phenoxy) is 2. The summed E-state index contributed by atoms with van der Waals surface area (Å²) in [6.45, 7) is 9.07. The first-order chi connectivity index (χ1) is 15.0. The van der Waals surface area contributed by atoms with E-state index in [4.69, 9.17) is 14.5 Å². The zero-order chi connectivity index (χ0) is 21.8. The molecule has 0 unspecified atom stereocenters. The van der Waals surface area contributed by atoms with Crippen molar-refractivity contribution < 1.29 is 14.3 Å². The molecular formula is C25H31N3O3. The summed E-state index contributed by atoms with van der Waals surface area (Å²) in [5.74, 6) is 2.29. The minimum absolute atomic E-state index is 0.0276. The standard InChI is InChI=1S/C25H31N3O3/c1-4-30-22-16-19(10-11-21(22)31-18(2)3)17-28-14-12-25(13-15-28)24(29)26-23(27-25)20-8-6-5-7-9-20/h5-11,16,18H,4,12-15,17H2,1-3H3,(H,26,27,29). The molecule has 1 N–H and O–H groups in total. The predicted molar refractivity (Wildman–Crippen MR) is 122 cm³/mol. The molecule has 6 nitrogen and oxygen atoms in total. The number of rotatable bonds is 7. The molecule has 2 aromatic rings. The molecular weight excluding hydrogens is 390 g/mol. The third kappa shape index (κ3) is 4.74. The molecule has 1 saturated heterocycles. The number of hydrogen-bond donors (Lipinski definition) is 1. The van der Waals surface area contributed by atoms with Crippen LogP contribution in [-0.4, -0.2) is 48.0 Å². The number of amides is 1. The van der Waals surface area contributed by atoms with Crippen LogP contribution in [0.2, 0.25) is 0 Å². The molecule has 1 fully saturated rings. The molecule has 4 rings (SSSR count). The number of carbonyl (C=O) groups is 1. The first-order valence-corrected chi connectivity index (χ1v) is 11.1. The van der Waals surface area contributed by atoms with Crippen molar-refractivity contribution in [3.05, 3.63) is 59.7 Å². The van der Waals surface area contributed by atoms with Gasteiger partial charge >= 0.3 is 0 Å². The quantitative estimate of drug-likeness (QED) is 0.739. The molecule has 0 saturated carbocycles. The van der Waals surface area contributed by atoms with Gasteiger partial charge in [-0.3, -0.25) is 14.7 Å². The maximum Gasteiger partial charge on any atom is 0.253 e. The van der Waals surface area contributed by atoms with Gasteiger partial charge in [-0.25, -0.2) is 0 Å². The van der Waals surface area contributed by atoms with Crippen LogP contribution in [0.1, 0.15) is 44.7 Å². The van der Waals surface area contributed by atoms with Crippen LogP contribution in [0.25, 0.3) is 0 Å². The Balaban J connectivity index is 1.42. The molecule has 2 aliphatic rings. The van der Waals surface area contributed by atoms with Gasteiger partial charge in [-0.15, -0.1) is 0 Å². The Bertz CT molecular complexity index is 948. The summed E-state index contributed by atoms with van der Waals surface area (Å²) in [5, 5.41) is 3.00. The van der Waals surface area contributed by atoms with E-state index in [2.05, 4.69) is 22.3 Å². The van der Waals surface area contributed by atoms with Crippen LogP contribution in [-0.2, 0) is 11.3 Å². The van der Waals surface area contributed by atoms with Gasteiger partial charge in [0.2, 0.25) is 0 Å². The first-order valence-electron chi connectivity index (χ1n) is 11.1. The normalized spacial score (nSPS) is 18.2. The summed E-state index contributed by atoms with van der Waals surface area (Å²) in [6, 6.07) is 16.0. The number of amidine groups is 1. The third-order valence-electron chi connectivity index (χ3n) is 5.79. The first kappa shape index (κ1) is 21.4. The number of benzene rings is 2.